The van der Waals surface area contributed by atoms with Gasteiger partial charge in [-0.2, -0.15) is 0 Å². The summed E-state index contributed by atoms with van der Waals surface area (Å²) in [6, 6.07) is 13.4. The summed E-state index contributed by atoms with van der Waals surface area (Å²) in [7, 11) is 0. The van der Waals surface area contributed by atoms with Crippen molar-refractivity contribution in [1.29, 1.82) is 0 Å². The normalized spacial score (nSPS) is 10.9. The van der Waals surface area contributed by atoms with Gasteiger partial charge in [-0.15, -0.1) is 0 Å². The number of fused-ring (bicyclic) bond motifs is 1. The van der Waals surface area contributed by atoms with Gasteiger partial charge in [0, 0.05) is 8.04 Å². The Bertz CT molecular complexity index is 856. The van der Waals surface area contributed by atoms with Gasteiger partial charge in [0.25, 0.3) is 5.56 Å². The third-order valence-electron chi connectivity index (χ3n) is 3.08. The van der Waals surface area contributed by atoms with Gasteiger partial charge in [-0.25, -0.2) is 4.98 Å². The van der Waals surface area contributed by atoms with Gasteiger partial charge < -0.3 is 0 Å². The molecule has 0 saturated heterocycles. The number of halogens is 2. The van der Waals surface area contributed by atoms with E-state index in [0.717, 1.165) is 19.2 Å². The lowest BCUT2D eigenvalue weighted by Crippen LogP contribution is -2.22. The maximum atomic E-state index is 12.7. The van der Waals surface area contributed by atoms with Crippen molar-refractivity contribution in [1.82, 2.24) is 9.55 Å². The molecule has 1 aromatic heterocycles. The maximum Gasteiger partial charge on any atom is 0.265 e. The van der Waals surface area contributed by atoms with Crippen molar-refractivity contribution in [2.45, 2.75) is 6.92 Å². The molecule has 0 aliphatic rings. The zero-order valence-electron chi connectivity index (χ0n) is 10.6. The zero-order valence-corrected chi connectivity index (χ0v) is 14.3. The highest BCUT2D eigenvalue weighted by Gasteiger charge is 2.10. The highest BCUT2D eigenvalue weighted by Crippen LogP contribution is 2.17. The van der Waals surface area contributed by atoms with Crippen molar-refractivity contribution in [2.75, 3.05) is 0 Å². The highest BCUT2D eigenvalue weighted by molar-refractivity contribution is 14.1. The van der Waals surface area contributed by atoms with E-state index in [0.29, 0.717) is 11.2 Å². The van der Waals surface area contributed by atoms with Crippen LogP contribution in [0.1, 0.15) is 5.82 Å². The molecule has 0 N–H and O–H groups in total. The van der Waals surface area contributed by atoms with Crippen LogP contribution in [0.2, 0.25) is 0 Å². The SMILES string of the molecule is Cc1nc2ccc(I)cc2c(=O)n1-c1ccc(Br)cc1. The number of nitrogens with zero attached hydrogens (tertiary/aromatic N) is 2. The fourth-order valence-corrected chi connectivity index (χ4v) is 2.92. The van der Waals surface area contributed by atoms with Crippen LogP contribution >= 0.6 is 38.5 Å². The van der Waals surface area contributed by atoms with Gasteiger partial charge in [-0.3, -0.25) is 9.36 Å². The third-order valence-corrected chi connectivity index (χ3v) is 4.28. The van der Waals surface area contributed by atoms with Crippen molar-refractivity contribution in [3.05, 3.63) is 66.7 Å². The summed E-state index contributed by atoms with van der Waals surface area (Å²) in [4.78, 5) is 17.2. The summed E-state index contributed by atoms with van der Waals surface area (Å²) in [5.41, 5.74) is 1.53. The van der Waals surface area contributed by atoms with Crippen LogP contribution < -0.4 is 5.56 Å². The minimum atomic E-state index is -0.0339. The molecule has 20 heavy (non-hydrogen) atoms. The average molecular weight is 441 g/mol. The van der Waals surface area contributed by atoms with Crippen molar-refractivity contribution in [3.63, 3.8) is 0 Å². The van der Waals surface area contributed by atoms with Crippen LogP contribution in [0.15, 0.2) is 51.7 Å². The van der Waals surface area contributed by atoms with E-state index in [2.05, 4.69) is 43.5 Å². The van der Waals surface area contributed by atoms with E-state index in [9.17, 15) is 4.79 Å². The topological polar surface area (TPSA) is 34.9 Å². The van der Waals surface area contributed by atoms with Crippen LogP contribution in [0.4, 0.5) is 0 Å². The monoisotopic (exact) mass is 440 g/mol. The third kappa shape index (κ3) is 2.40. The Morgan fingerprint density at radius 2 is 1.85 bits per heavy atom. The van der Waals surface area contributed by atoms with Crippen LogP contribution in [0.5, 0.6) is 0 Å². The molecule has 0 saturated carbocycles. The molecule has 0 aliphatic carbocycles. The van der Waals surface area contributed by atoms with E-state index in [1.165, 1.54) is 0 Å². The summed E-state index contributed by atoms with van der Waals surface area (Å²) in [5, 5.41) is 0.644. The Balaban J connectivity index is 2.36. The van der Waals surface area contributed by atoms with Gasteiger partial charge in [-0.05, 0) is 72.0 Å². The van der Waals surface area contributed by atoms with E-state index in [1.54, 1.807) is 4.57 Å². The maximum absolute atomic E-state index is 12.7. The molecule has 1 heterocycles. The van der Waals surface area contributed by atoms with E-state index >= 15 is 0 Å². The van der Waals surface area contributed by atoms with Crippen LogP contribution in [0, 0.1) is 10.5 Å². The van der Waals surface area contributed by atoms with Gasteiger partial charge in [-0.1, -0.05) is 15.9 Å². The lowest BCUT2D eigenvalue weighted by atomic mass is 10.2. The summed E-state index contributed by atoms with van der Waals surface area (Å²) < 4.78 is 3.65. The molecule has 0 spiro atoms. The predicted octanol–water partition coefficient (Wildman–Crippen LogP) is 4.06. The van der Waals surface area contributed by atoms with Crippen molar-refractivity contribution in [3.8, 4) is 5.69 Å². The Morgan fingerprint density at radius 1 is 1.15 bits per heavy atom. The molecule has 0 atom stereocenters. The molecule has 0 aliphatic heterocycles. The molecule has 0 bridgehead atoms. The van der Waals surface area contributed by atoms with Crippen molar-refractivity contribution >= 4 is 49.4 Å². The van der Waals surface area contributed by atoms with Crippen LogP contribution in [0.25, 0.3) is 16.6 Å². The predicted molar refractivity (Wildman–Crippen MR) is 92.5 cm³/mol. The standard InChI is InChI=1S/C15H10BrIN2O/c1-9-18-14-7-4-11(17)8-13(14)15(20)19(9)12-5-2-10(16)3-6-12/h2-8H,1H3. The summed E-state index contributed by atoms with van der Waals surface area (Å²) in [6.07, 6.45) is 0. The van der Waals surface area contributed by atoms with E-state index in [-0.39, 0.29) is 5.56 Å². The van der Waals surface area contributed by atoms with Crippen LogP contribution in [-0.4, -0.2) is 9.55 Å². The number of aromatic nitrogens is 2. The van der Waals surface area contributed by atoms with Crippen LogP contribution in [-0.2, 0) is 0 Å². The molecule has 0 unspecified atom stereocenters. The molecule has 3 nitrogen and oxygen atoms in total. The number of hydrogen-bond acceptors (Lipinski definition) is 2. The molecule has 3 rings (SSSR count). The van der Waals surface area contributed by atoms with Gasteiger partial charge in [0.2, 0.25) is 0 Å². The van der Waals surface area contributed by atoms with Crippen molar-refractivity contribution in [2.24, 2.45) is 0 Å². The fraction of sp³-hybridized carbons (Fsp3) is 0.0667. The fourth-order valence-electron chi connectivity index (χ4n) is 2.16. The zero-order chi connectivity index (χ0) is 14.3. The van der Waals surface area contributed by atoms with E-state index in [1.807, 2.05) is 49.4 Å². The van der Waals surface area contributed by atoms with Gasteiger partial charge in [0.05, 0.1) is 16.6 Å². The van der Waals surface area contributed by atoms with E-state index < -0.39 is 0 Å². The van der Waals surface area contributed by atoms with E-state index in [4.69, 9.17) is 0 Å². The van der Waals surface area contributed by atoms with Gasteiger partial charge >= 0.3 is 0 Å². The highest BCUT2D eigenvalue weighted by atomic mass is 127. The first-order valence-corrected chi connectivity index (χ1v) is 7.88. The number of benzene rings is 2. The average Bonchev–Trinajstić information content (AvgIpc) is 2.42. The molecule has 2 aromatic carbocycles. The molecule has 0 amide bonds. The first-order valence-electron chi connectivity index (χ1n) is 6.01. The minimum absolute atomic E-state index is 0.0339. The second-order valence-corrected chi connectivity index (χ2v) is 6.60. The summed E-state index contributed by atoms with van der Waals surface area (Å²) in [6.45, 7) is 1.85. The second kappa shape index (κ2) is 5.29. The quantitative estimate of drug-likeness (QED) is 0.535. The Labute approximate surface area is 137 Å². The lowest BCUT2D eigenvalue weighted by molar-refractivity contribution is 0.894. The minimum Gasteiger partial charge on any atom is -0.268 e. The van der Waals surface area contributed by atoms with Gasteiger partial charge in [0.1, 0.15) is 5.82 Å². The first-order chi connectivity index (χ1) is 9.56. The molecular formula is C15H10BrIN2O. The van der Waals surface area contributed by atoms with Crippen molar-refractivity contribution < 1.29 is 0 Å². The second-order valence-electron chi connectivity index (χ2n) is 4.44. The number of hydrogen-bond donors (Lipinski definition) is 0. The molecule has 5 heteroatoms. The molecule has 100 valence electrons. The van der Waals surface area contributed by atoms with Crippen LogP contribution in [0.3, 0.4) is 0 Å². The lowest BCUT2D eigenvalue weighted by Gasteiger charge is -2.11. The molecule has 3 aromatic rings. The smallest absolute Gasteiger partial charge is 0.265 e. The first kappa shape index (κ1) is 13.8. The largest absolute Gasteiger partial charge is 0.268 e. The van der Waals surface area contributed by atoms with Gasteiger partial charge in [0.15, 0.2) is 0 Å². The Morgan fingerprint density at radius 3 is 2.55 bits per heavy atom. The number of rotatable bonds is 1. The summed E-state index contributed by atoms with van der Waals surface area (Å²) >= 11 is 5.60. The number of aryl methyl sites for hydroxylation is 1. The Kier molecular flexibility index (Phi) is 3.64. The molecular weight excluding hydrogens is 431 g/mol. The molecule has 0 radical (unpaired) electrons. The molecule has 0 fully saturated rings. The summed E-state index contributed by atoms with van der Waals surface area (Å²) in [5.74, 6) is 0.686. The Hall–Kier alpha value is -1.21.